The molecule has 0 aromatic heterocycles. The molecule has 0 saturated carbocycles. The van der Waals surface area contributed by atoms with Gasteiger partial charge in [-0.2, -0.15) is 8.42 Å². The Morgan fingerprint density at radius 1 is 1.38 bits per heavy atom. The molecule has 1 aromatic rings. The van der Waals surface area contributed by atoms with Crippen LogP contribution in [0.3, 0.4) is 0 Å². The van der Waals surface area contributed by atoms with Crippen molar-refractivity contribution < 1.29 is 18.1 Å². The summed E-state index contributed by atoms with van der Waals surface area (Å²) in [6.07, 6.45) is 1.41. The Hall–Kier alpha value is -1.33. The Morgan fingerprint density at radius 3 is 2.46 bits per heavy atom. The first kappa shape index (κ1) is 9.76. The topological polar surface area (TPSA) is 74.6 Å². The van der Waals surface area contributed by atoms with Gasteiger partial charge in [0.1, 0.15) is 10.6 Å². The molecule has 0 spiro atoms. The monoisotopic (exact) mass is 200 g/mol. The van der Waals surface area contributed by atoms with Crippen LogP contribution in [-0.2, 0) is 10.1 Å². The van der Waals surface area contributed by atoms with Gasteiger partial charge in [-0.25, -0.2) is 0 Å². The number of phenolic OH excluding ortho intramolecular Hbond substituents is 1. The lowest BCUT2D eigenvalue weighted by Gasteiger charge is -2.01. The highest BCUT2D eigenvalue weighted by atomic mass is 32.2. The smallest absolute Gasteiger partial charge is 0.298 e. The minimum Gasteiger partial charge on any atom is -0.506 e. The molecule has 0 aliphatic carbocycles. The van der Waals surface area contributed by atoms with Gasteiger partial charge in [0.15, 0.2) is 0 Å². The van der Waals surface area contributed by atoms with Gasteiger partial charge in [-0.15, -0.1) is 0 Å². The highest BCUT2D eigenvalue weighted by Gasteiger charge is 2.14. The van der Waals surface area contributed by atoms with Crippen molar-refractivity contribution in [3.8, 4) is 5.75 Å². The van der Waals surface area contributed by atoms with E-state index in [0.29, 0.717) is 5.56 Å². The minimum absolute atomic E-state index is 0.479. The first-order valence-corrected chi connectivity index (χ1v) is 4.82. The minimum atomic E-state index is -4.36. The quantitative estimate of drug-likeness (QED) is 0.705. The van der Waals surface area contributed by atoms with Crippen LogP contribution in [0.5, 0.6) is 5.75 Å². The van der Waals surface area contributed by atoms with Crippen LogP contribution in [0.4, 0.5) is 0 Å². The van der Waals surface area contributed by atoms with E-state index < -0.39 is 20.8 Å². The van der Waals surface area contributed by atoms with Gasteiger partial charge in [0.2, 0.25) is 0 Å². The fourth-order valence-corrected chi connectivity index (χ4v) is 1.48. The summed E-state index contributed by atoms with van der Waals surface area (Å²) in [6, 6.07) is 3.80. The lowest BCUT2D eigenvalue weighted by molar-refractivity contribution is 0.443. The molecule has 0 aliphatic rings. The van der Waals surface area contributed by atoms with Crippen LogP contribution in [0.1, 0.15) is 5.56 Å². The normalized spacial score (nSPS) is 11.2. The van der Waals surface area contributed by atoms with E-state index in [9.17, 15) is 8.42 Å². The zero-order valence-electron chi connectivity index (χ0n) is 6.64. The van der Waals surface area contributed by atoms with Gasteiger partial charge in [0.05, 0.1) is 0 Å². The molecule has 0 heterocycles. The van der Waals surface area contributed by atoms with E-state index in [0.717, 1.165) is 6.07 Å². The average molecular weight is 200 g/mol. The molecule has 4 nitrogen and oxygen atoms in total. The molecule has 1 rings (SSSR count). The fourth-order valence-electron chi connectivity index (χ4n) is 0.864. The largest absolute Gasteiger partial charge is 0.506 e. The van der Waals surface area contributed by atoms with Gasteiger partial charge < -0.3 is 5.11 Å². The van der Waals surface area contributed by atoms with Gasteiger partial charge in [-0.05, 0) is 17.7 Å². The summed E-state index contributed by atoms with van der Waals surface area (Å²) in [5, 5.41) is 9.09. The number of aromatic hydroxyl groups is 1. The molecule has 0 unspecified atom stereocenters. The Kier molecular flexibility index (Phi) is 2.40. The van der Waals surface area contributed by atoms with Crippen LogP contribution in [0, 0.1) is 0 Å². The van der Waals surface area contributed by atoms with Crippen molar-refractivity contribution in [2.45, 2.75) is 4.90 Å². The summed E-state index contributed by atoms with van der Waals surface area (Å²) < 4.78 is 30.0. The molecule has 0 aliphatic heterocycles. The van der Waals surface area contributed by atoms with Gasteiger partial charge in [-0.1, -0.05) is 18.7 Å². The molecule has 5 heteroatoms. The number of hydrogen-bond donors (Lipinski definition) is 2. The number of benzene rings is 1. The Labute approximate surface area is 75.9 Å². The van der Waals surface area contributed by atoms with Crippen LogP contribution < -0.4 is 0 Å². The predicted molar refractivity (Wildman–Crippen MR) is 48.0 cm³/mol. The summed E-state index contributed by atoms with van der Waals surface area (Å²) in [6.45, 7) is 3.43. The molecule has 0 saturated heterocycles. The molecule has 0 amide bonds. The van der Waals surface area contributed by atoms with Gasteiger partial charge in [-0.3, -0.25) is 4.55 Å². The maximum atomic E-state index is 10.7. The summed E-state index contributed by atoms with van der Waals surface area (Å²) in [4.78, 5) is -0.509. The molecule has 0 atom stereocenters. The summed E-state index contributed by atoms with van der Waals surface area (Å²) in [7, 11) is -4.36. The maximum Gasteiger partial charge on any atom is 0.298 e. The highest BCUT2D eigenvalue weighted by Crippen LogP contribution is 2.23. The third-order valence-electron chi connectivity index (χ3n) is 1.50. The van der Waals surface area contributed by atoms with Crippen LogP contribution in [-0.4, -0.2) is 18.1 Å². The molecule has 0 radical (unpaired) electrons. The van der Waals surface area contributed by atoms with Crippen molar-refractivity contribution in [2.75, 3.05) is 0 Å². The summed E-state index contributed by atoms with van der Waals surface area (Å²) in [5.41, 5.74) is 0.505. The van der Waals surface area contributed by atoms with Crippen molar-refractivity contribution in [3.05, 3.63) is 30.3 Å². The SMILES string of the molecule is C=Cc1ccc(O)c(S(=O)(=O)O)c1. The second-order valence-electron chi connectivity index (χ2n) is 2.41. The third kappa shape index (κ3) is 2.07. The van der Waals surface area contributed by atoms with Gasteiger partial charge in [0, 0.05) is 0 Å². The highest BCUT2D eigenvalue weighted by molar-refractivity contribution is 7.86. The molecule has 0 bridgehead atoms. The maximum absolute atomic E-state index is 10.7. The van der Waals surface area contributed by atoms with Crippen LogP contribution >= 0.6 is 0 Å². The standard InChI is InChI=1S/C8H8O4S/c1-2-6-3-4-7(9)8(5-6)13(10,11)12/h2-5,9H,1H2,(H,10,11,12). The third-order valence-corrected chi connectivity index (χ3v) is 2.38. The van der Waals surface area contributed by atoms with E-state index in [2.05, 4.69) is 6.58 Å². The zero-order chi connectivity index (χ0) is 10.1. The molecule has 0 fully saturated rings. The van der Waals surface area contributed by atoms with Crippen LogP contribution in [0.2, 0.25) is 0 Å². The van der Waals surface area contributed by atoms with Crippen molar-refractivity contribution in [3.63, 3.8) is 0 Å². The van der Waals surface area contributed by atoms with E-state index >= 15 is 0 Å². The molecule has 13 heavy (non-hydrogen) atoms. The molecular formula is C8H8O4S. The van der Waals surface area contributed by atoms with Crippen molar-refractivity contribution in [1.82, 2.24) is 0 Å². The molecular weight excluding hydrogens is 192 g/mol. The Morgan fingerprint density at radius 2 is 2.00 bits per heavy atom. The zero-order valence-corrected chi connectivity index (χ0v) is 7.45. The fraction of sp³-hybridized carbons (Fsp3) is 0. The number of rotatable bonds is 2. The second kappa shape index (κ2) is 3.20. The van der Waals surface area contributed by atoms with E-state index in [-0.39, 0.29) is 0 Å². The lowest BCUT2D eigenvalue weighted by Crippen LogP contribution is -1.98. The first-order chi connectivity index (χ1) is 5.95. The van der Waals surface area contributed by atoms with E-state index in [1.165, 1.54) is 18.2 Å². The number of phenols is 1. The Bertz CT molecular complexity index is 433. The molecule has 1 aromatic carbocycles. The van der Waals surface area contributed by atoms with Crippen molar-refractivity contribution in [1.29, 1.82) is 0 Å². The van der Waals surface area contributed by atoms with Gasteiger partial charge >= 0.3 is 0 Å². The lowest BCUT2D eigenvalue weighted by atomic mass is 10.2. The summed E-state index contributed by atoms with van der Waals surface area (Å²) in [5.74, 6) is -0.479. The average Bonchev–Trinajstić information content (AvgIpc) is 2.03. The van der Waals surface area contributed by atoms with E-state index in [1.807, 2.05) is 0 Å². The van der Waals surface area contributed by atoms with Crippen molar-refractivity contribution in [2.24, 2.45) is 0 Å². The summed E-state index contributed by atoms with van der Waals surface area (Å²) >= 11 is 0. The second-order valence-corrected chi connectivity index (χ2v) is 3.80. The predicted octanol–water partition coefficient (Wildman–Crippen LogP) is 1.28. The first-order valence-electron chi connectivity index (χ1n) is 3.38. The van der Waals surface area contributed by atoms with E-state index in [4.69, 9.17) is 9.66 Å². The molecule has 2 N–H and O–H groups in total. The molecule has 70 valence electrons. The van der Waals surface area contributed by atoms with Crippen LogP contribution in [0.25, 0.3) is 6.08 Å². The number of hydrogen-bond acceptors (Lipinski definition) is 3. The van der Waals surface area contributed by atoms with Crippen molar-refractivity contribution >= 4 is 16.2 Å². The van der Waals surface area contributed by atoms with Gasteiger partial charge in [0.25, 0.3) is 10.1 Å². The Balaban J connectivity index is 3.44. The van der Waals surface area contributed by atoms with Crippen LogP contribution in [0.15, 0.2) is 29.7 Å². The van der Waals surface area contributed by atoms with E-state index in [1.54, 1.807) is 0 Å².